The summed E-state index contributed by atoms with van der Waals surface area (Å²) < 4.78 is 8.22. The third-order valence-corrected chi connectivity index (χ3v) is 6.80. The Kier molecular flexibility index (Phi) is 5.31. The van der Waals surface area contributed by atoms with Crippen molar-refractivity contribution in [2.75, 3.05) is 25.2 Å². The number of hydrogen-bond donors (Lipinski definition) is 1. The van der Waals surface area contributed by atoms with Crippen LogP contribution < -0.4 is 5.32 Å². The molecular weight excluding hydrogens is 416 g/mol. The minimum atomic E-state index is 0.116. The molecule has 0 saturated carbocycles. The fourth-order valence-corrected chi connectivity index (χ4v) is 6.08. The molecule has 3 nitrogen and oxygen atoms in total. The van der Waals surface area contributed by atoms with Gasteiger partial charge in [0.25, 0.3) is 0 Å². The van der Waals surface area contributed by atoms with E-state index in [1.54, 1.807) is 0 Å². The van der Waals surface area contributed by atoms with Crippen molar-refractivity contribution in [1.82, 2.24) is 10.3 Å². The van der Waals surface area contributed by atoms with Gasteiger partial charge in [-0.3, -0.25) is 4.98 Å². The minimum Gasteiger partial charge on any atom is -0.374 e. The maximum atomic E-state index is 6.15. The van der Waals surface area contributed by atoms with Gasteiger partial charge in [0.05, 0.1) is 17.3 Å². The van der Waals surface area contributed by atoms with E-state index in [4.69, 9.17) is 4.74 Å². The van der Waals surface area contributed by atoms with Gasteiger partial charge in [0, 0.05) is 27.5 Å². The van der Waals surface area contributed by atoms with Crippen LogP contribution >= 0.6 is 43.6 Å². The first-order chi connectivity index (χ1) is 10.1. The zero-order valence-corrected chi connectivity index (χ0v) is 16.1. The van der Waals surface area contributed by atoms with E-state index in [-0.39, 0.29) is 11.6 Å². The highest BCUT2D eigenvalue weighted by atomic mass is 79.9. The zero-order chi connectivity index (χ0) is 14.9. The molecule has 116 valence electrons. The first-order valence-electron chi connectivity index (χ1n) is 7.33. The molecule has 1 aromatic rings. The number of halogens is 2. The summed E-state index contributed by atoms with van der Waals surface area (Å²) in [7, 11) is 2.03. The summed E-state index contributed by atoms with van der Waals surface area (Å²) in [5, 5.41) is 3.48. The standard InChI is InChI=1S/C15H20Br2N2OS/c1-18-13(14-12(17)6-11(16)8-19-14)10-2-4-20-15(7-10)3-5-21-9-15/h6,8,10,13,18H,2-5,7,9H2,1H3. The molecule has 1 aromatic heterocycles. The molecule has 3 heterocycles. The summed E-state index contributed by atoms with van der Waals surface area (Å²) in [6.07, 6.45) is 5.31. The van der Waals surface area contributed by atoms with Crippen LogP contribution in [0.5, 0.6) is 0 Å². The van der Waals surface area contributed by atoms with E-state index < -0.39 is 0 Å². The molecule has 2 aliphatic rings. The SMILES string of the molecule is CNC(c1ncc(Br)cc1Br)C1CCOC2(CCSC2)C1. The topological polar surface area (TPSA) is 34.2 Å². The van der Waals surface area contributed by atoms with Crippen molar-refractivity contribution >= 4 is 43.6 Å². The van der Waals surface area contributed by atoms with Gasteiger partial charge < -0.3 is 10.1 Å². The Morgan fingerprint density at radius 3 is 3.05 bits per heavy atom. The molecule has 6 heteroatoms. The van der Waals surface area contributed by atoms with E-state index in [1.807, 2.05) is 25.0 Å². The highest BCUT2D eigenvalue weighted by Gasteiger charge is 2.43. The van der Waals surface area contributed by atoms with E-state index in [0.29, 0.717) is 5.92 Å². The summed E-state index contributed by atoms with van der Waals surface area (Å²) in [4.78, 5) is 4.64. The van der Waals surface area contributed by atoms with Crippen LogP contribution in [-0.2, 0) is 4.74 Å². The Hall–Kier alpha value is 0.380. The molecule has 3 rings (SSSR count). The van der Waals surface area contributed by atoms with E-state index in [1.165, 1.54) is 12.2 Å². The number of ether oxygens (including phenoxy) is 1. The Morgan fingerprint density at radius 1 is 1.52 bits per heavy atom. The predicted molar refractivity (Wildman–Crippen MR) is 94.8 cm³/mol. The second kappa shape index (κ2) is 6.87. The third-order valence-electron chi connectivity index (χ3n) is 4.51. The number of aromatic nitrogens is 1. The number of rotatable bonds is 3. The van der Waals surface area contributed by atoms with Gasteiger partial charge >= 0.3 is 0 Å². The number of thioether (sulfide) groups is 1. The number of nitrogens with zero attached hydrogens (tertiary/aromatic N) is 1. The van der Waals surface area contributed by atoms with Crippen molar-refractivity contribution in [3.8, 4) is 0 Å². The van der Waals surface area contributed by atoms with Gasteiger partial charge in [-0.15, -0.1) is 0 Å². The molecule has 0 amide bonds. The van der Waals surface area contributed by atoms with Crippen molar-refractivity contribution in [1.29, 1.82) is 0 Å². The van der Waals surface area contributed by atoms with Gasteiger partial charge in [0.15, 0.2) is 0 Å². The van der Waals surface area contributed by atoms with Gasteiger partial charge in [0.1, 0.15) is 0 Å². The van der Waals surface area contributed by atoms with Crippen molar-refractivity contribution in [2.24, 2.45) is 5.92 Å². The fraction of sp³-hybridized carbons (Fsp3) is 0.667. The lowest BCUT2D eigenvalue weighted by atomic mass is 9.80. The van der Waals surface area contributed by atoms with Crippen LogP contribution in [0.25, 0.3) is 0 Å². The summed E-state index contributed by atoms with van der Waals surface area (Å²) >= 11 is 9.16. The number of pyridine rings is 1. The molecule has 0 aliphatic carbocycles. The Balaban J connectivity index is 1.82. The molecule has 3 atom stereocenters. The highest BCUT2D eigenvalue weighted by Crippen LogP contribution is 2.44. The summed E-state index contributed by atoms with van der Waals surface area (Å²) in [6, 6.07) is 2.35. The van der Waals surface area contributed by atoms with Crippen LogP contribution in [0.15, 0.2) is 21.2 Å². The van der Waals surface area contributed by atoms with Gasteiger partial charge in [-0.05, 0) is 75.9 Å². The molecule has 0 radical (unpaired) electrons. The molecular formula is C15H20Br2N2OS. The normalized spacial score (nSPS) is 30.7. The molecule has 2 saturated heterocycles. The Morgan fingerprint density at radius 2 is 2.38 bits per heavy atom. The van der Waals surface area contributed by atoms with Gasteiger partial charge in [0.2, 0.25) is 0 Å². The van der Waals surface area contributed by atoms with Crippen molar-refractivity contribution in [3.05, 3.63) is 26.9 Å². The quantitative estimate of drug-likeness (QED) is 0.772. The molecule has 0 aromatic carbocycles. The first kappa shape index (κ1) is 16.2. The van der Waals surface area contributed by atoms with Crippen LogP contribution in [-0.4, -0.2) is 35.7 Å². The average Bonchev–Trinajstić information content (AvgIpc) is 2.90. The van der Waals surface area contributed by atoms with Crippen molar-refractivity contribution in [3.63, 3.8) is 0 Å². The highest BCUT2D eigenvalue weighted by molar-refractivity contribution is 9.11. The van der Waals surface area contributed by atoms with Crippen LogP contribution in [0, 0.1) is 5.92 Å². The second-order valence-corrected chi connectivity index (χ2v) is 8.75. The van der Waals surface area contributed by atoms with Crippen LogP contribution in [0.4, 0.5) is 0 Å². The van der Waals surface area contributed by atoms with E-state index >= 15 is 0 Å². The molecule has 0 bridgehead atoms. The number of nitrogens with one attached hydrogen (secondary N) is 1. The van der Waals surface area contributed by atoms with Crippen molar-refractivity contribution < 1.29 is 4.74 Å². The predicted octanol–water partition coefficient (Wildman–Crippen LogP) is 4.17. The third kappa shape index (κ3) is 3.50. The largest absolute Gasteiger partial charge is 0.374 e. The van der Waals surface area contributed by atoms with Crippen LogP contribution in [0.2, 0.25) is 0 Å². The molecule has 1 N–H and O–H groups in total. The summed E-state index contributed by atoms with van der Waals surface area (Å²) in [6.45, 7) is 0.873. The van der Waals surface area contributed by atoms with Gasteiger partial charge in [-0.2, -0.15) is 11.8 Å². The lowest BCUT2D eigenvalue weighted by molar-refractivity contribution is -0.0853. The van der Waals surface area contributed by atoms with E-state index in [0.717, 1.165) is 39.8 Å². The fourth-order valence-electron chi connectivity index (χ4n) is 3.46. The van der Waals surface area contributed by atoms with Crippen LogP contribution in [0.3, 0.4) is 0 Å². The molecule has 2 fully saturated rings. The van der Waals surface area contributed by atoms with E-state index in [2.05, 4.69) is 48.2 Å². The molecule has 3 unspecified atom stereocenters. The van der Waals surface area contributed by atoms with Gasteiger partial charge in [-0.1, -0.05) is 0 Å². The monoisotopic (exact) mass is 434 g/mol. The molecule has 21 heavy (non-hydrogen) atoms. The zero-order valence-electron chi connectivity index (χ0n) is 12.1. The van der Waals surface area contributed by atoms with Crippen molar-refractivity contribution in [2.45, 2.75) is 30.9 Å². The molecule has 2 aliphatic heterocycles. The Labute approximate surface area is 147 Å². The number of hydrogen-bond acceptors (Lipinski definition) is 4. The maximum absolute atomic E-state index is 6.15. The lowest BCUT2D eigenvalue weighted by Gasteiger charge is -2.40. The van der Waals surface area contributed by atoms with Gasteiger partial charge in [-0.25, -0.2) is 0 Å². The first-order valence-corrected chi connectivity index (χ1v) is 10.1. The Bertz CT molecular complexity index is 508. The second-order valence-electron chi connectivity index (χ2n) is 5.87. The lowest BCUT2D eigenvalue weighted by Crippen LogP contribution is -2.43. The van der Waals surface area contributed by atoms with Crippen LogP contribution in [0.1, 0.15) is 31.0 Å². The summed E-state index contributed by atoms with van der Waals surface area (Å²) in [5.74, 6) is 2.96. The maximum Gasteiger partial charge on any atom is 0.0783 e. The molecule has 1 spiro atoms. The minimum absolute atomic E-state index is 0.116. The summed E-state index contributed by atoms with van der Waals surface area (Å²) in [5.41, 5.74) is 1.22. The smallest absolute Gasteiger partial charge is 0.0783 e. The average molecular weight is 436 g/mol. The van der Waals surface area contributed by atoms with E-state index in [9.17, 15) is 0 Å².